The predicted molar refractivity (Wildman–Crippen MR) is 93.8 cm³/mol. The molecule has 1 aliphatic rings. The zero-order chi connectivity index (χ0) is 17.7. The smallest absolute Gasteiger partial charge is 0.361 e. The van der Waals surface area contributed by atoms with Gasteiger partial charge < -0.3 is 10.0 Å². The summed E-state index contributed by atoms with van der Waals surface area (Å²) in [5.74, 6) is 0.0112. The van der Waals surface area contributed by atoms with E-state index < -0.39 is 18.4 Å². The Morgan fingerprint density at radius 2 is 1.96 bits per heavy atom. The molecule has 1 atom stereocenters. The third-order valence-electron chi connectivity index (χ3n) is 3.54. The first-order valence-corrected chi connectivity index (χ1v) is 8.36. The van der Waals surface area contributed by atoms with Crippen LogP contribution in [0.25, 0.3) is 0 Å². The van der Waals surface area contributed by atoms with Crippen molar-refractivity contribution >= 4 is 58.7 Å². The molecule has 0 radical (unpaired) electrons. The number of hydrogen-bond donors (Lipinski definition) is 1. The zero-order valence-corrected chi connectivity index (χ0v) is 14.6. The van der Waals surface area contributed by atoms with Crippen molar-refractivity contribution in [3.63, 3.8) is 0 Å². The molecule has 1 N–H and O–H groups in total. The number of benzene rings is 1. The van der Waals surface area contributed by atoms with Crippen LogP contribution in [0.3, 0.4) is 0 Å². The lowest BCUT2D eigenvalue weighted by Crippen LogP contribution is -2.47. The fraction of sp³-hybridized carbons (Fsp3) is 0.214. The Morgan fingerprint density at radius 1 is 1.25 bits per heavy atom. The van der Waals surface area contributed by atoms with Crippen LogP contribution in [0.1, 0.15) is 4.88 Å². The van der Waals surface area contributed by atoms with E-state index in [1.54, 1.807) is 12.1 Å². The maximum Gasteiger partial charge on any atom is 0.440 e. The summed E-state index contributed by atoms with van der Waals surface area (Å²) in [6.07, 6.45) is -4.91. The monoisotopic (exact) mass is 392 g/mol. The van der Waals surface area contributed by atoms with Gasteiger partial charge in [-0.3, -0.25) is 0 Å². The van der Waals surface area contributed by atoms with E-state index in [0.717, 1.165) is 4.78 Å². The van der Waals surface area contributed by atoms with Crippen LogP contribution in [-0.2, 0) is 0 Å². The minimum atomic E-state index is -4.91. The van der Waals surface area contributed by atoms with Crippen LogP contribution in [0, 0.1) is 0 Å². The van der Waals surface area contributed by atoms with Crippen LogP contribution in [0.4, 0.5) is 18.9 Å². The SMILES string of the molecule is Bc1ccc(C2=NC(O)(C(F)(F)F)CN2c2cc(Cl)ccc2Cl)s1. The van der Waals surface area contributed by atoms with Crippen molar-refractivity contribution in [2.75, 3.05) is 11.4 Å². The van der Waals surface area contributed by atoms with Crippen LogP contribution in [0.15, 0.2) is 35.3 Å². The van der Waals surface area contributed by atoms with E-state index in [-0.39, 0.29) is 16.5 Å². The first-order valence-electron chi connectivity index (χ1n) is 6.79. The summed E-state index contributed by atoms with van der Waals surface area (Å²) in [4.78, 5) is 5.33. The van der Waals surface area contributed by atoms with Gasteiger partial charge in [-0.05, 0) is 29.0 Å². The molecular formula is C14H10BCl2F3N2OS. The standard InChI is InChI=1S/C14H10BCl2F3N2OS/c15-11-4-3-10(24-11)12-21-13(23,14(18,19)20)6-22(12)9-5-7(16)1-2-8(9)17/h1-5,23H,6,15H2. The summed E-state index contributed by atoms with van der Waals surface area (Å²) in [7, 11) is 1.83. The summed E-state index contributed by atoms with van der Waals surface area (Å²) >= 11 is 13.4. The van der Waals surface area contributed by atoms with E-state index in [0.29, 0.717) is 9.90 Å². The highest BCUT2D eigenvalue weighted by atomic mass is 35.5. The second-order valence-corrected chi connectivity index (χ2v) is 7.47. The number of nitrogens with zero attached hydrogens (tertiary/aromatic N) is 2. The van der Waals surface area contributed by atoms with Crippen LogP contribution in [0.5, 0.6) is 0 Å². The van der Waals surface area contributed by atoms with Crippen molar-refractivity contribution in [2.24, 2.45) is 4.99 Å². The van der Waals surface area contributed by atoms with E-state index in [9.17, 15) is 18.3 Å². The van der Waals surface area contributed by atoms with Crippen molar-refractivity contribution in [3.8, 4) is 0 Å². The molecule has 10 heteroatoms. The molecule has 0 saturated heterocycles. The van der Waals surface area contributed by atoms with Gasteiger partial charge in [0.15, 0.2) is 7.85 Å². The minimum absolute atomic E-state index is 0.0112. The molecule has 3 nitrogen and oxygen atoms in total. The van der Waals surface area contributed by atoms with Gasteiger partial charge in [-0.2, -0.15) is 13.2 Å². The molecule has 126 valence electrons. The average Bonchev–Trinajstić information content (AvgIpc) is 3.05. The van der Waals surface area contributed by atoms with Crippen molar-refractivity contribution in [1.29, 1.82) is 0 Å². The lowest BCUT2D eigenvalue weighted by molar-refractivity contribution is -0.249. The Hall–Kier alpha value is -1.22. The number of halogens is 5. The van der Waals surface area contributed by atoms with Gasteiger partial charge in [0.2, 0.25) is 0 Å². The maximum absolute atomic E-state index is 13.3. The largest absolute Gasteiger partial charge is 0.440 e. The van der Waals surface area contributed by atoms with Gasteiger partial charge in [-0.1, -0.05) is 29.3 Å². The van der Waals surface area contributed by atoms with Gasteiger partial charge in [0, 0.05) is 5.02 Å². The molecule has 3 rings (SSSR count). The molecule has 0 bridgehead atoms. The molecule has 1 aromatic heterocycles. The summed E-state index contributed by atoms with van der Waals surface area (Å²) in [5.41, 5.74) is -2.94. The molecule has 0 amide bonds. The highest BCUT2D eigenvalue weighted by Crippen LogP contribution is 2.41. The van der Waals surface area contributed by atoms with Crippen molar-refractivity contribution < 1.29 is 18.3 Å². The predicted octanol–water partition coefficient (Wildman–Crippen LogP) is 2.83. The molecule has 0 aliphatic carbocycles. The van der Waals surface area contributed by atoms with E-state index >= 15 is 0 Å². The zero-order valence-electron chi connectivity index (χ0n) is 12.2. The molecule has 1 aromatic carbocycles. The lowest BCUT2D eigenvalue weighted by atomic mass is 10.1. The molecule has 2 aromatic rings. The van der Waals surface area contributed by atoms with Crippen LogP contribution < -0.4 is 9.68 Å². The number of thiophene rings is 1. The van der Waals surface area contributed by atoms with Crippen molar-refractivity contribution in [1.82, 2.24) is 0 Å². The summed E-state index contributed by atoms with van der Waals surface area (Å²) < 4.78 is 40.7. The van der Waals surface area contributed by atoms with E-state index in [2.05, 4.69) is 4.99 Å². The highest BCUT2D eigenvalue weighted by molar-refractivity contribution is 7.21. The number of aliphatic hydroxyl groups is 1. The number of amidine groups is 1. The average molecular weight is 393 g/mol. The number of alkyl halides is 3. The fourth-order valence-corrected chi connectivity index (χ4v) is 3.61. The van der Waals surface area contributed by atoms with E-state index in [1.807, 2.05) is 7.85 Å². The maximum atomic E-state index is 13.3. The topological polar surface area (TPSA) is 35.8 Å². The van der Waals surface area contributed by atoms with Crippen molar-refractivity contribution in [3.05, 3.63) is 45.3 Å². The van der Waals surface area contributed by atoms with Gasteiger partial charge in [0.25, 0.3) is 5.72 Å². The Morgan fingerprint density at radius 3 is 2.54 bits per heavy atom. The van der Waals surface area contributed by atoms with Gasteiger partial charge in [0.05, 0.1) is 22.1 Å². The van der Waals surface area contributed by atoms with Gasteiger partial charge in [-0.15, -0.1) is 11.3 Å². The molecular weight excluding hydrogens is 383 g/mol. The minimum Gasteiger partial charge on any atom is -0.361 e. The Labute approximate surface area is 150 Å². The number of rotatable bonds is 2. The van der Waals surface area contributed by atoms with E-state index in [4.69, 9.17) is 23.2 Å². The Kier molecular flexibility index (Phi) is 4.36. The van der Waals surface area contributed by atoms with Gasteiger partial charge >= 0.3 is 6.18 Å². The van der Waals surface area contributed by atoms with Gasteiger partial charge in [0.1, 0.15) is 5.84 Å². The van der Waals surface area contributed by atoms with Gasteiger partial charge in [-0.25, -0.2) is 4.99 Å². The van der Waals surface area contributed by atoms with Crippen LogP contribution in [-0.4, -0.2) is 37.2 Å². The molecule has 24 heavy (non-hydrogen) atoms. The molecule has 1 aliphatic heterocycles. The second-order valence-electron chi connectivity index (χ2n) is 5.34. The number of hydrogen-bond acceptors (Lipinski definition) is 4. The summed E-state index contributed by atoms with van der Waals surface area (Å²) in [5, 5.41) is 10.6. The lowest BCUT2D eigenvalue weighted by Gasteiger charge is -2.26. The molecule has 0 saturated carbocycles. The van der Waals surface area contributed by atoms with Crippen molar-refractivity contribution in [2.45, 2.75) is 11.9 Å². The quantitative estimate of drug-likeness (QED) is 0.797. The molecule has 0 spiro atoms. The third kappa shape index (κ3) is 3.03. The molecule has 0 fully saturated rings. The fourth-order valence-electron chi connectivity index (χ4n) is 2.35. The molecule has 2 heterocycles. The Bertz CT molecular complexity index is 827. The van der Waals surface area contributed by atoms with E-state index in [1.165, 1.54) is 34.4 Å². The first-order chi connectivity index (χ1) is 11.1. The number of β-amino-alcohol motifs (C(OH)–C–C–N with tert-alkyl or cyclic N) is 1. The molecule has 1 unspecified atom stereocenters. The first kappa shape index (κ1) is 17.6. The number of aliphatic imine (C=N–C) groups is 1. The normalized spacial score (nSPS) is 21.2. The highest BCUT2D eigenvalue weighted by Gasteiger charge is 2.59. The van der Waals surface area contributed by atoms with Crippen LogP contribution in [0.2, 0.25) is 10.0 Å². The summed E-state index contributed by atoms with van der Waals surface area (Å²) in [6.45, 7) is -0.789. The van der Waals surface area contributed by atoms with Crippen LogP contribution >= 0.6 is 34.5 Å². The number of anilines is 1. The third-order valence-corrected chi connectivity index (χ3v) is 5.09. The second kappa shape index (κ2) is 5.95. The summed E-state index contributed by atoms with van der Waals surface area (Å²) in [6, 6.07) is 7.90. The Balaban J connectivity index is 2.14.